The third kappa shape index (κ3) is 3.57. The molecule has 0 aliphatic rings. The summed E-state index contributed by atoms with van der Waals surface area (Å²) in [6.45, 7) is 1.61. The second kappa shape index (κ2) is 6.36. The lowest BCUT2D eigenvalue weighted by atomic mass is 9.98. The Morgan fingerprint density at radius 1 is 1.33 bits per heavy atom. The lowest BCUT2D eigenvalue weighted by Gasteiger charge is -2.20. The zero-order chi connectivity index (χ0) is 13.2. The summed E-state index contributed by atoms with van der Waals surface area (Å²) in [5.41, 5.74) is 3.81. The number of nitrogens with two attached hydrogens (primary N) is 1. The largest absolute Gasteiger partial charge is 0.419 e. The zero-order valence-corrected chi connectivity index (χ0v) is 10.4. The van der Waals surface area contributed by atoms with Crippen LogP contribution in [0, 0.1) is 5.82 Å². The Bertz CT molecular complexity index is 397. The molecular formula is C11H14ClF4NO. The molecule has 3 N–H and O–H groups in total. The Kier molecular flexibility index (Phi) is 6.06. The topological polar surface area (TPSA) is 46.2 Å². The van der Waals surface area contributed by atoms with E-state index in [-0.39, 0.29) is 24.4 Å². The molecule has 1 rings (SSSR count). The van der Waals surface area contributed by atoms with Crippen LogP contribution in [0.15, 0.2) is 18.2 Å². The van der Waals surface area contributed by atoms with Crippen molar-refractivity contribution in [2.45, 2.75) is 31.7 Å². The Morgan fingerprint density at radius 2 is 1.89 bits per heavy atom. The van der Waals surface area contributed by atoms with Gasteiger partial charge in [-0.05, 0) is 12.5 Å². The average Bonchev–Trinajstić information content (AvgIpc) is 2.25. The highest BCUT2D eigenvalue weighted by atomic mass is 35.5. The van der Waals surface area contributed by atoms with E-state index in [9.17, 15) is 22.7 Å². The highest BCUT2D eigenvalue weighted by molar-refractivity contribution is 5.85. The van der Waals surface area contributed by atoms with Crippen LogP contribution in [0.3, 0.4) is 0 Å². The van der Waals surface area contributed by atoms with E-state index >= 15 is 0 Å². The maximum atomic E-state index is 13.6. The van der Waals surface area contributed by atoms with Gasteiger partial charge in [0.05, 0.1) is 17.7 Å². The third-order valence-electron chi connectivity index (χ3n) is 2.53. The molecule has 18 heavy (non-hydrogen) atoms. The molecule has 0 fully saturated rings. The van der Waals surface area contributed by atoms with Crippen LogP contribution < -0.4 is 5.73 Å². The second-order valence-corrected chi connectivity index (χ2v) is 3.71. The van der Waals surface area contributed by atoms with E-state index in [0.29, 0.717) is 6.07 Å². The van der Waals surface area contributed by atoms with Crippen LogP contribution in [-0.2, 0) is 6.18 Å². The van der Waals surface area contributed by atoms with Gasteiger partial charge in [-0.2, -0.15) is 13.2 Å². The molecular weight excluding hydrogens is 274 g/mol. The van der Waals surface area contributed by atoms with Gasteiger partial charge in [-0.1, -0.05) is 19.1 Å². The van der Waals surface area contributed by atoms with Crippen molar-refractivity contribution in [1.82, 2.24) is 0 Å². The van der Waals surface area contributed by atoms with Crippen molar-refractivity contribution in [1.29, 1.82) is 0 Å². The van der Waals surface area contributed by atoms with Crippen LogP contribution in [0.25, 0.3) is 0 Å². The van der Waals surface area contributed by atoms with Crippen molar-refractivity contribution in [2.24, 2.45) is 5.73 Å². The normalized spacial score (nSPS) is 14.8. The van der Waals surface area contributed by atoms with Crippen molar-refractivity contribution in [2.75, 3.05) is 0 Å². The number of halogens is 5. The van der Waals surface area contributed by atoms with Crippen molar-refractivity contribution < 1.29 is 22.7 Å². The van der Waals surface area contributed by atoms with Gasteiger partial charge >= 0.3 is 6.18 Å². The number of hydrogen-bond acceptors (Lipinski definition) is 2. The smallest absolute Gasteiger partial charge is 0.391 e. The molecule has 0 aliphatic carbocycles. The summed E-state index contributed by atoms with van der Waals surface area (Å²) < 4.78 is 50.9. The molecule has 1 aromatic rings. The summed E-state index contributed by atoms with van der Waals surface area (Å²) >= 11 is 0. The molecule has 2 nitrogen and oxygen atoms in total. The van der Waals surface area contributed by atoms with Gasteiger partial charge in [0.1, 0.15) is 5.82 Å². The number of alkyl halides is 3. The summed E-state index contributed by atoms with van der Waals surface area (Å²) in [7, 11) is 0. The molecule has 0 saturated heterocycles. The third-order valence-corrected chi connectivity index (χ3v) is 2.53. The number of aliphatic hydroxyl groups is 1. The first kappa shape index (κ1) is 17.2. The fourth-order valence-electron chi connectivity index (χ4n) is 1.49. The Morgan fingerprint density at radius 3 is 2.33 bits per heavy atom. The molecule has 0 radical (unpaired) electrons. The van der Waals surface area contributed by atoms with Gasteiger partial charge in [-0.15, -0.1) is 12.4 Å². The lowest BCUT2D eigenvalue weighted by Crippen LogP contribution is -2.27. The van der Waals surface area contributed by atoms with Crippen molar-refractivity contribution in [3.8, 4) is 0 Å². The molecule has 0 amide bonds. The van der Waals surface area contributed by atoms with Crippen molar-refractivity contribution in [3.63, 3.8) is 0 Å². The monoisotopic (exact) mass is 287 g/mol. The summed E-state index contributed by atoms with van der Waals surface area (Å²) in [4.78, 5) is 0. The summed E-state index contributed by atoms with van der Waals surface area (Å²) in [5, 5.41) is 9.43. The van der Waals surface area contributed by atoms with Gasteiger partial charge in [0.2, 0.25) is 0 Å². The minimum atomic E-state index is -4.77. The van der Waals surface area contributed by atoms with Gasteiger partial charge in [0.15, 0.2) is 0 Å². The predicted molar refractivity (Wildman–Crippen MR) is 61.9 cm³/mol. The highest BCUT2D eigenvalue weighted by Gasteiger charge is 2.35. The molecule has 104 valence electrons. The molecule has 0 heterocycles. The van der Waals surface area contributed by atoms with Gasteiger partial charge in [-0.3, -0.25) is 0 Å². The summed E-state index contributed by atoms with van der Waals surface area (Å²) in [6, 6.07) is 1.70. The molecule has 7 heteroatoms. The van der Waals surface area contributed by atoms with Crippen LogP contribution in [0.5, 0.6) is 0 Å². The molecule has 0 bridgehead atoms. The van der Waals surface area contributed by atoms with E-state index in [1.165, 1.54) is 0 Å². The minimum Gasteiger partial charge on any atom is -0.391 e. The number of benzene rings is 1. The van der Waals surface area contributed by atoms with E-state index in [1.807, 2.05) is 0 Å². The highest BCUT2D eigenvalue weighted by Crippen LogP contribution is 2.34. The Hall–Kier alpha value is -0.850. The molecule has 2 atom stereocenters. The fourth-order valence-corrected chi connectivity index (χ4v) is 1.49. The van der Waals surface area contributed by atoms with Crippen LogP contribution in [-0.4, -0.2) is 11.2 Å². The van der Waals surface area contributed by atoms with Crippen LogP contribution in [0.2, 0.25) is 0 Å². The summed E-state index contributed by atoms with van der Waals surface area (Å²) in [5.74, 6) is -1.42. The second-order valence-electron chi connectivity index (χ2n) is 3.71. The van der Waals surface area contributed by atoms with Crippen LogP contribution >= 0.6 is 12.4 Å². The molecule has 0 unspecified atom stereocenters. The molecule has 1 aromatic carbocycles. The van der Waals surface area contributed by atoms with Crippen molar-refractivity contribution in [3.05, 3.63) is 35.1 Å². The SMILES string of the molecule is CC[C@H](O)[C@H](N)c1cccc(C(F)(F)F)c1F.Cl. The Balaban J connectivity index is 0.00000289. The first-order valence-electron chi connectivity index (χ1n) is 5.08. The van der Waals surface area contributed by atoms with E-state index in [0.717, 1.165) is 12.1 Å². The maximum absolute atomic E-state index is 13.6. The van der Waals surface area contributed by atoms with Gasteiger partial charge in [-0.25, -0.2) is 4.39 Å². The fraction of sp³-hybridized carbons (Fsp3) is 0.455. The van der Waals surface area contributed by atoms with Gasteiger partial charge < -0.3 is 10.8 Å². The van der Waals surface area contributed by atoms with E-state index in [1.54, 1.807) is 6.92 Å². The van der Waals surface area contributed by atoms with Gasteiger partial charge in [0, 0.05) is 5.56 Å². The molecule has 0 aliphatic heterocycles. The van der Waals surface area contributed by atoms with E-state index in [4.69, 9.17) is 5.73 Å². The van der Waals surface area contributed by atoms with Crippen LogP contribution in [0.4, 0.5) is 17.6 Å². The predicted octanol–water partition coefficient (Wildman–Crippen LogP) is 3.04. The zero-order valence-electron chi connectivity index (χ0n) is 9.54. The standard InChI is InChI=1S/C11H13F4NO.ClH/c1-2-8(17)10(16)6-4-3-5-7(9(6)12)11(13,14)15;/h3-5,8,10,17H,2,16H2,1H3;1H/t8-,10+;/m0./s1. The first-order valence-corrected chi connectivity index (χ1v) is 5.08. The molecule has 0 aromatic heterocycles. The minimum absolute atomic E-state index is 0. The number of aliphatic hydroxyl groups excluding tert-OH is 1. The van der Waals surface area contributed by atoms with Crippen LogP contribution in [0.1, 0.15) is 30.5 Å². The first-order chi connectivity index (χ1) is 7.79. The maximum Gasteiger partial charge on any atom is 0.419 e. The number of rotatable bonds is 3. The van der Waals surface area contributed by atoms with Gasteiger partial charge in [0.25, 0.3) is 0 Å². The lowest BCUT2D eigenvalue weighted by molar-refractivity contribution is -0.140. The van der Waals surface area contributed by atoms with E-state index < -0.39 is 29.7 Å². The molecule has 0 saturated carbocycles. The average molecular weight is 288 g/mol. The molecule has 0 spiro atoms. The quantitative estimate of drug-likeness (QED) is 0.840. The van der Waals surface area contributed by atoms with Crippen molar-refractivity contribution >= 4 is 12.4 Å². The van der Waals surface area contributed by atoms with E-state index in [2.05, 4.69) is 0 Å². The number of hydrogen-bond donors (Lipinski definition) is 2. The Labute approximate surface area is 108 Å². The summed E-state index contributed by atoms with van der Waals surface area (Å²) in [6.07, 6.45) is -5.61.